The lowest BCUT2D eigenvalue weighted by molar-refractivity contribution is -0.870. The predicted molar refractivity (Wildman–Crippen MR) is 212 cm³/mol. The van der Waals surface area contributed by atoms with E-state index >= 15 is 0 Å². The first-order valence-corrected chi connectivity index (χ1v) is 22.2. The summed E-state index contributed by atoms with van der Waals surface area (Å²) in [5.41, 5.74) is 0. The first-order chi connectivity index (χ1) is 24.0. The molecule has 0 aliphatic rings. The van der Waals surface area contributed by atoms with Crippen LogP contribution in [0.25, 0.3) is 0 Å². The van der Waals surface area contributed by atoms with Crippen molar-refractivity contribution in [2.24, 2.45) is 0 Å². The van der Waals surface area contributed by atoms with Crippen LogP contribution in [0, 0.1) is 0 Å². The number of unbranched alkanes of at least 4 members (excludes halogenated alkanes) is 22. The van der Waals surface area contributed by atoms with Gasteiger partial charge in [-0.25, -0.2) is 4.57 Å². The van der Waals surface area contributed by atoms with E-state index in [1.807, 2.05) is 27.2 Å². The molecular formula is C41H82N2O6P+. The van der Waals surface area contributed by atoms with Crippen molar-refractivity contribution in [1.82, 2.24) is 5.32 Å². The van der Waals surface area contributed by atoms with Gasteiger partial charge in [0.1, 0.15) is 13.2 Å². The maximum atomic E-state index is 12.8. The number of hydrogen-bond donors (Lipinski definition) is 3. The number of phosphoric ester groups is 1. The van der Waals surface area contributed by atoms with Crippen LogP contribution < -0.4 is 5.32 Å². The Kier molecular flexibility index (Phi) is 33.1. The number of amides is 1. The van der Waals surface area contributed by atoms with Crippen molar-refractivity contribution < 1.29 is 32.9 Å². The summed E-state index contributed by atoms with van der Waals surface area (Å²) < 4.78 is 23.4. The van der Waals surface area contributed by atoms with Crippen LogP contribution in [0.1, 0.15) is 181 Å². The second-order valence-electron chi connectivity index (χ2n) is 15.4. The molecule has 296 valence electrons. The van der Waals surface area contributed by atoms with Gasteiger partial charge in [0.15, 0.2) is 0 Å². The van der Waals surface area contributed by atoms with Gasteiger partial charge in [-0.3, -0.25) is 13.8 Å². The van der Waals surface area contributed by atoms with E-state index in [0.717, 1.165) is 38.5 Å². The Bertz CT molecular complexity index is 876. The number of rotatable bonds is 37. The number of nitrogens with one attached hydrogen (secondary N) is 1. The van der Waals surface area contributed by atoms with Crippen LogP contribution in [0.4, 0.5) is 0 Å². The molecule has 0 aliphatic heterocycles. The second-order valence-corrected chi connectivity index (χ2v) is 16.8. The molecule has 0 fully saturated rings. The minimum absolute atomic E-state index is 0.0578. The molecule has 0 aliphatic carbocycles. The summed E-state index contributed by atoms with van der Waals surface area (Å²) in [5, 5.41) is 13.7. The fourth-order valence-corrected chi connectivity index (χ4v) is 6.56. The summed E-state index contributed by atoms with van der Waals surface area (Å²) in [5.74, 6) is -0.188. The molecule has 0 aromatic carbocycles. The van der Waals surface area contributed by atoms with Crippen molar-refractivity contribution in [1.29, 1.82) is 0 Å². The van der Waals surface area contributed by atoms with Gasteiger partial charge in [0.2, 0.25) is 5.91 Å². The van der Waals surface area contributed by atoms with E-state index in [0.29, 0.717) is 17.4 Å². The molecule has 3 atom stereocenters. The summed E-state index contributed by atoms with van der Waals surface area (Å²) in [7, 11) is 1.56. The Morgan fingerprint density at radius 1 is 0.660 bits per heavy atom. The molecule has 8 nitrogen and oxygen atoms in total. The fourth-order valence-electron chi connectivity index (χ4n) is 5.82. The van der Waals surface area contributed by atoms with Crippen molar-refractivity contribution in [3.8, 4) is 0 Å². The Balaban J connectivity index is 4.38. The first kappa shape index (κ1) is 49.0. The van der Waals surface area contributed by atoms with Gasteiger partial charge in [0, 0.05) is 6.42 Å². The number of quaternary nitrogens is 1. The van der Waals surface area contributed by atoms with Crippen LogP contribution in [0.15, 0.2) is 24.3 Å². The van der Waals surface area contributed by atoms with E-state index in [1.54, 1.807) is 6.08 Å². The van der Waals surface area contributed by atoms with Crippen molar-refractivity contribution >= 4 is 13.7 Å². The Hall–Kier alpha value is -1.02. The number of aliphatic hydroxyl groups is 1. The van der Waals surface area contributed by atoms with Gasteiger partial charge >= 0.3 is 7.82 Å². The van der Waals surface area contributed by atoms with Gasteiger partial charge in [-0.15, -0.1) is 0 Å². The average molecular weight is 730 g/mol. The predicted octanol–water partition coefficient (Wildman–Crippen LogP) is 11.0. The van der Waals surface area contributed by atoms with Crippen molar-refractivity contribution in [3.63, 3.8) is 0 Å². The van der Waals surface area contributed by atoms with Crippen LogP contribution in [0.3, 0.4) is 0 Å². The molecular weight excluding hydrogens is 647 g/mol. The minimum atomic E-state index is -4.33. The summed E-state index contributed by atoms with van der Waals surface area (Å²) >= 11 is 0. The van der Waals surface area contributed by atoms with E-state index < -0.39 is 20.0 Å². The fraction of sp³-hybridized carbons (Fsp3) is 0.878. The highest BCUT2D eigenvalue weighted by Crippen LogP contribution is 2.43. The lowest BCUT2D eigenvalue weighted by Crippen LogP contribution is -2.45. The molecule has 9 heteroatoms. The molecule has 0 aromatic heterocycles. The van der Waals surface area contributed by atoms with Crippen LogP contribution in [0.5, 0.6) is 0 Å². The molecule has 3 N–H and O–H groups in total. The Morgan fingerprint density at radius 2 is 1.10 bits per heavy atom. The highest BCUT2D eigenvalue weighted by atomic mass is 31.2. The quantitative estimate of drug-likeness (QED) is 0.0254. The second kappa shape index (κ2) is 33.8. The SMILES string of the molecule is CCCCCC/C=C/CC/C=C/[C@@H](O)[C@H](COP(=O)(O)OCC[N+](C)(C)C)NC(=O)CCCCCCCCCCCCCCCCCCCC. The smallest absolute Gasteiger partial charge is 0.387 e. The third-order valence-electron chi connectivity index (χ3n) is 9.17. The van der Waals surface area contributed by atoms with E-state index in [1.165, 1.54) is 122 Å². The maximum absolute atomic E-state index is 12.8. The number of nitrogens with zero attached hydrogens (tertiary/aromatic N) is 1. The van der Waals surface area contributed by atoms with Crippen molar-refractivity contribution in [2.75, 3.05) is 40.9 Å². The van der Waals surface area contributed by atoms with Gasteiger partial charge in [-0.1, -0.05) is 167 Å². The molecule has 0 saturated carbocycles. The molecule has 1 unspecified atom stereocenters. The van der Waals surface area contributed by atoms with Gasteiger partial charge in [0.05, 0.1) is 39.9 Å². The van der Waals surface area contributed by atoms with E-state index in [-0.39, 0.29) is 19.1 Å². The highest BCUT2D eigenvalue weighted by molar-refractivity contribution is 7.47. The molecule has 0 spiro atoms. The number of allylic oxidation sites excluding steroid dienone is 3. The summed E-state index contributed by atoms with van der Waals surface area (Å²) in [6.07, 6.45) is 38.2. The molecule has 1 amide bonds. The lowest BCUT2D eigenvalue weighted by Gasteiger charge is -2.25. The zero-order valence-corrected chi connectivity index (χ0v) is 34.3. The molecule has 0 bridgehead atoms. The van der Waals surface area contributed by atoms with Crippen LogP contribution in [-0.2, 0) is 18.4 Å². The lowest BCUT2D eigenvalue weighted by atomic mass is 10.0. The molecule has 0 aromatic rings. The van der Waals surface area contributed by atoms with E-state index in [2.05, 4.69) is 31.3 Å². The molecule has 50 heavy (non-hydrogen) atoms. The Labute approximate surface area is 309 Å². The van der Waals surface area contributed by atoms with Gasteiger partial charge in [-0.05, 0) is 32.1 Å². The van der Waals surface area contributed by atoms with E-state index in [9.17, 15) is 19.4 Å². The van der Waals surface area contributed by atoms with Gasteiger partial charge in [-0.2, -0.15) is 0 Å². The van der Waals surface area contributed by atoms with Crippen molar-refractivity contribution in [2.45, 2.75) is 193 Å². The largest absolute Gasteiger partial charge is 0.472 e. The molecule has 0 radical (unpaired) electrons. The normalized spacial score (nSPS) is 14.8. The number of carbonyl (C=O) groups excluding carboxylic acids is 1. The van der Waals surface area contributed by atoms with E-state index in [4.69, 9.17) is 9.05 Å². The third kappa shape index (κ3) is 35.4. The number of aliphatic hydroxyl groups excluding tert-OH is 1. The zero-order chi connectivity index (χ0) is 37.2. The number of hydrogen-bond acceptors (Lipinski definition) is 5. The summed E-state index contributed by atoms with van der Waals surface area (Å²) in [4.78, 5) is 23.0. The molecule has 0 rings (SSSR count). The van der Waals surface area contributed by atoms with Gasteiger partial charge < -0.3 is 19.8 Å². The van der Waals surface area contributed by atoms with Crippen molar-refractivity contribution in [3.05, 3.63) is 24.3 Å². The summed E-state index contributed by atoms with van der Waals surface area (Å²) in [6.45, 7) is 4.75. The maximum Gasteiger partial charge on any atom is 0.472 e. The monoisotopic (exact) mass is 730 g/mol. The number of phosphoric acid groups is 1. The topological polar surface area (TPSA) is 105 Å². The third-order valence-corrected chi connectivity index (χ3v) is 10.2. The first-order valence-electron chi connectivity index (χ1n) is 20.7. The Morgan fingerprint density at radius 3 is 1.60 bits per heavy atom. The van der Waals surface area contributed by atoms with Crippen LogP contribution in [0.2, 0.25) is 0 Å². The van der Waals surface area contributed by atoms with Crippen LogP contribution in [-0.4, -0.2) is 73.4 Å². The standard InChI is InChI=1S/C41H81N2O6P/c1-6-8-10-12-14-16-18-19-20-21-22-23-24-25-27-29-31-33-35-41(45)42-39(38-49-50(46,47)48-37-36-43(3,4)5)40(44)34-32-30-28-26-17-15-13-11-9-7-2/h17,26,32,34,39-40,44H,6-16,18-25,27-31,33,35-38H2,1-5H3,(H-,42,45,46,47)/p+1/b26-17+,34-32+/t39-,40+/m0/s1. The van der Waals surface area contributed by atoms with Gasteiger partial charge in [0.25, 0.3) is 0 Å². The highest BCUT2D eigenvalue weighted by Gasteiger charge is 2.27. The minimum Gasteiger partial charge on any atom is -0.387 e. The van der Waals surface area contributed by atoms with Crippen LogP contribution >= 0.6 is 7.82 Å². The zero-order valence-electron chi connectivity index (χ0n) is 33.4. The summed E-state index contributed by atoms with van der Waals surface area (Å²) in [6, 6.07) is -0.856. The number of likely N-dealkylation sites (N-methyl/N-ethyl adjacent to an activating group) is 1. The number of carbonyl (C=O) groups is 1. The molecule has 0 saturated heterocycles. The molecule has 0 heterocycles. The average Bonchev–Trinajstić information content (AvgIpc) is 3.06.